The molecule has 7 nitrogen and oxygen atoms in total. The van der Waals surface area contributed by atoms with E-state index in [1.165, 1.54) is 18.4 Å². The summed E-state index contributed by atoms with van der Waals surface area (Å²) in [6.07, 6.45) is 6.38. The van der Waals surface area contributed by atoms with Gasteiger partial charge in [0.25, 0.3) is 5.91 Å². The SMILES string of the molecule is C=C(c1ccc(S(C)(=O)=O)cc1)C1CCN(C(=O)c2ccc(C(C)=NC3CCN(Cc4ccc(F)cc4)CC3)nc2)CC1. The van der Waals surface area contributed by atoms with E-state index in [2.05, 4.69) is 16.5 Å². The molecule has 5 rings (SSSR count). The van der Waals surface area contributed by atoms with Gasteiger partial charge in [-0.2, -0.15) is 0 Å². The molecule has 2 fully saturated rings. The molecule has 0 spiro atoms. The van der Waals surface area contributed by atoms with Crippen LogP contribution in [-0.4, -0.2) is 73.3 Å². The molecule has 3 heterocycles. The predicted molar refractivity (Wildman–Crippen MR) is 168 cm³/mol. The number of allylic oxidation sites excluding steroid dienone is 1. The van der Waals surface area contributed by atoms with Crippen LogP contribution in [0.2, 0.25) is 0 Å². The smallest absolute Gasteiger partial charge is 0.255 e. The lowest BCUT2D eigenvalue weighted by Gasteiger charge is -2.33. The molecular formula is C34H39FN4O3S. The van der Waals surface area contributed by atoms with Crippen molar-refractivity contribution < 1.29 is 17.6 Å². The van der Waals surface area contributed by atoms with E-state index >= 15 is 0 Å². The molecule has 2 aliphatic heterocycles. The van der Waals surface area contributed by atoms with Crippen LogP contribution in [0, 0.1) is 11.7 Å². The van der Waals surface area contributed by atoms with Crippen LogP contribution < -0.4 is 0 Å². The molecule has 1 amide bonds. The summed E-state index contributed by atoms with van der Waals surface area (Å²) in [6, 6.07) is 17.5. The molecule has 0 aliphatic carbocycles. The Hall–Kier alpha value is -3.69. The first kappa shape index (κ1) is 30.8. The van der Waals surface area contributed by atoms with E-state index < -0.39 is 9.84 Å². The number of carbonyl (C=O) groups is 1. The highest BCUT2D eigenvalue weighted by molar-refractivity contribution is 7.90. The third-order valence-electron chi connectivity index (χ3n) is 8.56. The highest BCUT2D eigenvalue weighted by Crippen LogP contribution is 2.31. The second kappa shape index (κ2) is 13.3. The number of halogens is 1. The number of carbonyl (C=O) groups excluding carboxylic acids is 1. The zero-order chi connectivity index (χ0) is 30.6. The Balaban J connectivity index is 1.10. The van der Waals surface area contributed by atoms with Gasteiger partial charge in [-0.1, -0.05) is 30.8 Å². The van der Waals surface area contributed by atoms with Gasteiger partial charge in [-0.05, 0) is 91.6 Å². The molecule has 0 N–H and O–H groups in total. The van der Waals surface area contributed by atoms with Gasteiger partial charge in [0, 0.05) is 45.2 Å². The van der Waals surface area contributed by atoms with Gasteiger partial charge in [-0.25, -0.2) is 12.8 Å². The fourth-order valence-corrected chi connectivity index (χ4v) is 6.52. The number of piperidine rings is 2. The Morgan fingerprint density at radius 2 is 1.56 bits per heavy atom. The maximum atomic E-state index is 13.2. The average molecular weight is 603 g/mol. The molecule has 2 aromatic carbocycles. The van der Waals surface area contributed by atoms with Gasteiger partial charge in [-0.15, -0.1) is 0 Å². The number of likely N-dealkylation sites (tertiary alicyclic amines) is 2. The zero-order valence-corrected chi connectivity index (χ0v) is 25.7. The minimum atomic E-state index is -3.24. The van der Waals surface area contributed by atoms with E-state index in [4.69, 9.17) is 4.99 Å². The Morgan fingerprint density at radius 3 is 2.14 bits per heavy atom. The van der Waals surface area contributed by atoms with Crippen LogP contribution in [0.3, 0.4) is 0 Å². The molecule has 0 unspecified atom stereocenters. The van der Waals surface area contributed by atoms with Crippen molar-refractivity contribution in [2.24, 2.45) is 10.9 Å². The first-order chi connectivity index (χ1) is 20.6. The van der Waals surface area contributed by atoms with Crippen molar-refractivity contribution in [1.82, 2.24) is 14.8 Å². The summed E-state index contributed by atoms with van der Waals surface area (Å²) < 4.78 is 36.7. The highest BCUT2D eigenvalue weighted by atomic mass is 32.2. The first-order valence-electron chi connectivity index (χ1n) is 14.8. The van der Waals surface area contributed by atoms with Crippen LogP contribution in [0.1, 0.15) is 59.8 Å². The van der Waals surface area contributed by atoms with Gasteiger partial charge in [0.2, 0.25) is 0 Å². The summed E-state index contributed by atoms with van der Waals surface area (Å²) in [5, 5.41) is 0. The van der Waals surface area contributed by atoms with Crippen molar-refractivity contribution in [3.8, 4) is 0 Å². The lowest BCUT2D eigenvalue weighted by atomic mass is 9.86. The number of aromatic nitrogens is 1. The number of aliphatic imine (C=N–C) groups is 1. The molecule has 0 atom stereocenters. The van der Waals surface area contributed by atoms with Crippen molar-refractivity contribution in [3.63, 3.8) is 0 Å². The maximum Gasteiger partial charge on any atom is 0.255 e. The number of hydrogen-bond acceptors (Lipinski definition) is 6. The van der Waals surface area contributed by atoms with E-state index in [-0.39, 0.29) is 23.7 Å². The van der Waals surface area contributed by atoms with E-state index in [0.717, 1.165) is 73.4 Å². The summed E-state index contributed by atoms with van der Waals surface area (Å²) in [5.41, 5.74) is 5.25. The van der Waals surface area contributed by atoms with Crippen LogP contribution in [0.5, 0.6) is 0 Å². The number of benzene rings is 2. The predicted octanol–water partition coefficient (Wildman–Crippen LogP) is 5.66. The van der Waals surface area contributed by atoms with Gasteiger partial charge in [0.1, 0.15) is 5.82 Å². The summed E-state index contributed by atoms with van der Waals surface area (Å²) in [6.45, 7) is 10.2. The Morgan fingerprint density at radius 1 is 0.930 bits per heavy atom. The summed E-state index contributed by atoms with van der Waals surface area (Å²) in [4.78, 5) is 27.3. The maximum absolute atomic E-state index is 13.2. The largest absolute Gasteiger partial charge is 0.339 e. The molecule has 3 aromatic rings. The molecule has 9 heteroatoms. The number of nitrogens with zero attached hydrogens (tertiary/aromatic N) is 4. The fraction of sp³-hybridized carbons (Fsp3) is 0.382. The molecule has 0 saturated carbocycles. The van der Waals surface area contributed by atoms with Crippen LogP contribution in [0.15, 0.2) is 83.3 Å². The lowest BCUT2D eigenvalue weighted by Crippen LogP contribution is -2.38. The highest BCUT2D eigenvalue weighted by Gasteiger charge is 2.26. The number of sulfone groups is 1. The number of amides is 1. The minimum Gasteiger partial charge on any atom is -0.339 e. The van der Waals surface area contributed by atoms with Gasteiger partial charge in [0.05, 0.1) is 27.9 Å². The molecule has 0 bridgehead atoms. The standard InChI is InChI=1S/C34H39FN4O3S/c1-24(27-6-11-32(12-7-27)43(3,41)42)28-14-20-39(21-15-28)34(40)29-8-13-33(36-22-29)25(2)37-31-16-18-38(19-17-31)23-26-4-9-30(35)10-5-26/h4-13,22,28,31H,1,14-21,23H2,2-3H3. The summed E-state index contributed by atoms with van der Waals surface area (Å²) >= 11 is 0. The van der Waals surface area contributed by atoms with E-state index in [9.17, 15) is 17.6 Å². The Labute approximate surface area is 254 Å². The van der Waals surface area contributed by atoms with Gasteiger partial charge in [-0.3, -0.25) is 19.7 Å². The molecule has 0 radical (unpaired) electrons. The third-order valence-corrected chi connectivity index (χ3v) is 9.69. The Kier molecular flexibility index (Phi) is 9.52. The molecule has 2 saturated heterocycles. The van der Waals surface area contributed by atoms with Crippen molar-refractivity contribution in [3.05, 3.63) is 102 Å². The molecular weight excluding hydrogens is 563 g/mol. The van der Waals surface area contributed by atoms with E-state index in [0.29, 0.717) is 23.5 Å². The van der Waals surface area contributed by atoms with E-state index in [1.807, 2.05) is 48.2 Å². The van der Waals surface area contributed by atoms with Crippen molar-refractivity contribution in [1.29, 1.82) is 0 Å². The minimum absolute atomic E-state index is 0.0243. The Bertz CT molecular complexity index is 1570. The van der Waals surface area contributed by atoms with Gasteiger partial charge >= 0.3 is 0 Å². The van der Waals surface area contributed by atoms with Crippen molar-refractivity contribution in [2.45, 2.75) is 50.1 Å². The number of rotatable bonds is 8. The lowest BCUT2D eigenvalue weighted by molar-refractivity contribution is 0.0707. The molecule has 2 aliphatic rings. The topological polar surface area (TPSA) is 82.9 Å². The fourth-order valence-electron chi connectivity index (χ4n) is 5.89. The van der Waals surface area contributed by atoms with Crippen LogP contribution in [-0.2, 0) is 16.4 Å². The quantitative estimate of drug-likeness (QED) is 0.311. The van der Waals surface area contributed by atoms with Gasteiger partial charge in [0.15, 0.2) is 9.84 Å². The first-order valence-corrected chi connectivity index (χ1v) is 16.7. The number of pyridine rings is 1. The van der Waals surface area contributed by atoms with Crippen LogP contribution in [0.25, 0.3) is 5.57 Å². The van der Waals surface area contributed by atoms with Crippen molar-refractivity contribution in [2.75, 3.05) is 32.4 Å². The molecule has 226 valence electrons. The average Bonchev–Trinajstić information content (AvgIpc) is 3.02. The van der Waals surface area contributed by atoms with Gasteiger partial charge < -0.3 is 4.90 Å². The van der Waals surface area contributed by atoms with E-state index in [1.54, 1.807) is 18.3 Å². The van der Waals surface area contributed by atoms with Crippen LogP contribution in [0.4, 0.5) is 4.39 Å². The third kappa shape index (κ3) is 7.83. The molecule has 1 aromatic heterocycles. The zero-order valence-electron chi connectivity index (χ0n) is 24.9. The monoisotopic (exact) mass is 602 g/mol. The van der Waals surface area contributed by atoms with Crippen LogP contribution >= 0.6 is 0 Å². The normalized spacial score (nSPS) is 17.7. The molecule has 43 heavy (non-hydrogen) atoms. The summed E-state index contributed by atoms with van der Waals surface area (Å²) in [5.74, 6) is 0.00514. The second-order valence-electron chi connectivity index (χ2n) is 11.7. The second-order valence-corrected chi connectivity index (χ2v) is 13.7. The summed E-state index contributed by atoms with van der Waals surface area (Å²) in [7, 11) is -3.24. The number of hydrogen-bond donors (Lipinski definition) is 0. The van der Waals surface area contributed by atoms with Crippen molar-refractivity contribution >= 4 is 27.0 Å².